The molecule has 2 heteroatoms. The van der Waals surface area contributed by atoms with Gasteiger partial charge in [-0.3, -0.25) is 0 Å². The highest BCUT2D eigenvalue weighted by molar-refractivity contribution is 5.61. The zero-order chi connectivity index (χ0) is 17.6. The molecule has 2 aromatic rings. The normalized spacial score (nSPS) is 13.6. The second-order valence-electron chi connectivity index (χ2n) is 7.63. The first-order valence-electron chi connectivity index (χ1n) is 8.67. The minimum absolute atomic E-state index is 0.268. The Kier molecular flexibility index (Phi) is 6.08. The molecule has 0 aliphatic heterocycles. The van der Waals surface area contributed by atoms with Gasteiger partial charge in [-0.25, -0.2) is 0 Å². The van der Waals surface area contributed by atoms with Crippen LogP contribution >= 0.6 is 0 Å². The Morgan fingerprint density at radius 3 is 2.08 bits per heavy atom. The lowest BCUT2D eigenvalue weighted by Crippen LogP contribution is -2.31. The lowest BCUT2D eigenvalue weighted by molar-refractivity contribution is 0.193. The van der Waals surface area contributed by atoms with Gasteiger partial charge in [0.15, 0.2) is 0 Å². The SMILES string of the molecule is C[C@@H](CN(/C=C(\N)c1ccccc1)Cc1ccccc1)C(C)(C)C. The number of nitrogens with zero attached hydrogens (tertiary/aromatic N) is 1. The lowest BCUT2D eigenvalue weighted by atomic mass is 9.82. The van der Waals surface area contributed by atoms with Crippen LogP contribution in [0.1, 0.15) is 38.8 Å². The molecule has 0 aliphatic rings. The summed E-state index contributed by atoms with van der Waals surface area (Å²) in [5.74, 6) is 0.557. The highest BCUT2D eigenvalue weighted by Crippen LogP contribution is 2.27. The maximum Gasteiger partial charge on any atom is 0.0549 e. The van der Waals surface area contributed by atoms with Gasteiger partial charge in [-0.1, -0.05) is 88.4 Å². The first-order valence-corrected chi connectivity index (χ1v) is 8.67. The van der Waals surface area contributed by atoms with E-state index in [4.69, 9.17) is 5.73 Å². The zero-order valence-corrected chi connectivity index (χ0v) is 15.4. The molecule has 0 aromatic heterocycles. The zero-order valence-electron chi connectivity index (χ0n) is 15.4. The van der Waals surface area contributed by atoms with Gasteiger partial charge in [-0.15, -0.1) is 0 Å². The third-order valence-electron chi connectivity index (χ3n) is 4.64. The van der Waals surface area contributed by atoms with E-state index < -0.39 is 0 Å². The Balaban J connectivity index is 2.21. The van der Waals surface area contributed by atoms with E-state index in [1.807, 2.05) is 18.2 Å². The van der Waals surface area contributed by atoms with Gasteiger partial charge in [0.05, 0.1) is 5.70 Å². The molecule has 0 aliphatic carbocycles. The Morgan fingerprint density at radius 2 is 1.54 bits per heavy atom. The molecule has 0 amide bonds. The van der Waals surface area contributed by atoms with Crippen LogP contribution in [0.25, 0.3) is 5.70 Å². The Labute approximate surface area is 147 Å². The summed E-state index contributed by atoms with van der Waals surface area (Å²) >= 11 is 0. The number of hydrogen-bond donors (Lipinski definition) is 1. The van der Waals surface area contributed by atoms with E-state index in [-0.39, 0.29) is 5.41 Å². The molecule has 0 radical (unpaired) electrons. The molecule has 0 heterocycles. The van der Waals surface area contributed by atoms with Crippen LogP contribution in [0.15, 0.2) is 66.9 Å². The van der Waals surface area contributed by atoms with Crippen molar-refractivity contribution in [3.8, 4) is 0 Å². The maximum absolute atomic E-state index is 6.35. The minimum Gasteiger partial charge on any atom is -0.397 e. The highest BCUT2D eigenvalue weighted by Gasteiger charge is 2.22. The van der Waals surface area contributed by atoms with Crippen LogP contribution in [-0.2, 0) is 6.54 Å². The molecule has 2 N–H and O–H groups in total. The lowest BCUT2D eigenvalue weighted by Gasteiger charge is -2.33. The summed E-state index contributed by atoms with van der Waals surface area (Å²) < 4.78 is 0. The van der Waals surface area contributed by atoms with Gasteiger partial charge < -0.3 is 10.6 Å². The molecule has 0 unspecified atom stereocenters. The molecule has 2 rings (SSSR count). The fourth-order valence-corrected chi connectivity index (χ4v) is 2.51. The summed E-state index contributed by atoms with van der Waals surface area (Å²) in [5.41, 5.74) is 9.80. The molecule has 2 aromatic carbocycles. The summed E-state index contributed by atoms with van der Waals surface area (Å²) in [7, 11) is 0. The van der Waals surface area contributed by atoms with Crippen molar-refractivity contribution >= 4 is 5.70 Å². The number of nitrogens with two attached hydrogens (primary N) is 1. The Bertz CT molecular complexity index is 639. The predicted molar refractivity (Wildman–Crippen MR) is 104 cm³/mol. The van der Waals surface area contributed by atoms with Crippen LogP contribution in [-0.4, -0.2) is 11.4 Å². The maximum atomic E-state index is 6.35. The first-order chi connectivity index (χ1) is 11.4. The van der Waals surface area contributed by atoms with Crippen molar-refractivity contribution in [2.24, 2.45) is 17.1 Å². The van der Waals surface area contributed by atoms with Crippen molar-refractivity contribution < 1.29 is 0 Å². The number of hydrogen-bond acceptors (Lipinski definition) is 2. The molecule has 128 valence electrons. The van der Waals surface area contributed by atoms with Crippen molar-refractivity contribution in [3.63, 3.8) is 0 Å². The first kappa shape index (κ1) is 18.1. The van der Waals surface area contributed by atoms with E-state index >= 15 is 0 Å². The molecular weight excluding hydrogens is 292 g/mol. The van der Waals surface area contributed by atoms with E-state index in [0.717, 1.165) is 24.4 Å². The minimum atomic E-state index is 0.268. The van der Waals surface area contributed by atoms with Crippen LogP contribution in [0.2, 0.25) is 0 Å². The van der Waals surface area contributed by atoms with Crippen LogP contribution < -0.4 is 5.73 Å². The third-order valence-corrected chi connectivity index (χ3v) is 4.64. The van der Waals surface area contributed by atoms with Gasteiger partial charge in [-0.05, 0) is 22.5 Å². The van der Waals surface area contributed by atoms with Crippen LogP contribution in [0.5, 0.6) is 0 Å². The monoisotopic (exact) mass is 322 g/mol. The van der Waals surface area contributed by atoms with E-state index in [1.165, 1.54) is 5.56 Å². The van der Waals surface area contributed by atoms with Gasteiger partial charge in [0.1, 0.15) is 0 Å². The van der Waals surface area contributed by atoms with Gasteiger partial charge in [0, 0.05) is 19.3 Å². The van der Waals surface area contributed by atoms with Crippen LogP contribution in [0.3, 0.4) is 0 Å². The molecule has 0 spiro atoms. The van der Waals surface area contributed by atoms with E-state index in [9.17, 15) is 0 Å². The summed E-state index contributed by atoms with van der Waals surface area (Å²) in [6.45, 7) is 11.0. The van der Waals surface area contributed by atoms with E-state index in [2.05, 4.69) is 81.3 Å². The fraction of sp³-hybridized carbons (Fsp3) is 0.364. The topological polar surface area (TPSA) is 29.3 Å². The van der Waals surface area contributed by atoms with E-state index in [1.54, 1.807) is 0 Å². The molecular formula is C22H30N2. The predicted octanol–water partition coefficient (Wildman–Crippen LogP) is 5.13. The second-order valence-corrected chi connectivity index (χ2v) is 7.63. The quantitative estimate of drug-likeness (QED) is 0.799. The largest absolute Gasteiger partial charge is 0.397 e. The average molecular weight is 322 g/mol. The van der Waals surface area contributed by atoms with Crippen molar-refractivity contribution in [2.75, 3.05) is 6.54 Å². The highest BCUT2D eigenvalue weighted by atomic mass is 15.1. The van der Waals surface area contributed by atoms with Crippen molar-refractivity contribution in [1.82, 2.24) is 4.90 Å². The number of rotatable bonds is 6. The Morgan fingerprint density at radius 1 is 1.00 bits per heavy atom. The van der Waals surface area contributed by atoms with Gasteiger partial charge >= 0.3 is 0 Å². The summed E-state index contributed by atoms with van der Waals surface area (Å²) in [5, 5.41) is 0. The smallest absolute Gasteiger partial charge is 0.0549 e. The van der Waals surface area contributed by atoms with E-state index in [0.29, 0.717) is 5.92 Å². The summed E-state index contributed by atoms with van der Waals surface area (Å²) in [6.07, 6.45) is 2.10. The molecule has 0 bridgehead atoms. The molecule has 0 saturated carbocycles. The second kappa shape index (κ2) is 8.05. The standard InChI is InChI=1S/C22H30N2/c1-18(22(2,3)4)15-24(16-19-11-7-5-8-12-19)17-21(23)20-13-9-6-10-14-20/h5-14,17-18H,15-16,23H2,1-4H3/b21-17-/t18-/m0/s1. The van der Waals surface area contributed by atoms with Crippen molar-refractivity contribution in [2.45, 2.75) is 34.2 Å². The van der Waals surface area contributed by atoms with Gasteiger partial charge in [0.2, 0.25) is 0 Å². The fourth-order valence-electron chi connectivity index (χ4n) is 2.51. The molecule has 0 fully saturated rings. The van der Waals surface area contributed by atoms with Crippen LogP contribution in [0, 0.1) is 11.3 Å². The molecule has 1 atom stereocenters. The van der Waals surface area contributed by atoms with Crippen molar-refractivity contribution in [3.05, 3.63) is 78.0 Å². The van der Waals surface area contributed by atoms with Gasteiger partial charge in [-0.2, -0.15) is 0 Å². The summed E-state index contributed by atoms with van der Waals surface area (Å²) in [4.78, 5) is 2.34. The number of benzene rings is 2. The molecule has 2 nitrogen and oxygen atoms in total. The Hall–Kier alpha value is -2.22. The van der Waals surface area contributed by atoms with Crippen molar-refractivity contribution in [1.29, 1.82) is 0 Å². The van der Waals surface area contributed by atoms with Crippen LogP contribution in [0.4, 0.5) is 0 Å². The molecule has 0 saturated heterocycles. The van der Waals surface area contributed by atoms with Gasteiger partial charge in [0.25, 0.3) is 0 Å². The summed E-state index contributed by atoms with van der Waals surface area (Å²) in [6, 6.07) is 20.7. The third kappa shape index (κ3) is 5.45. The molecule has 24 heavy (non-hydrogen) atoms. The average Bonchev–Trinajstić information content (AvgIpc) is 2.55.